The fourth-order valence-corrected chi connectivity index (χ4v) is 5.64. The predicted octanol–water partition coefficient (Wildman–Crippen LogP) is 3.31. The molecule has 0 atom stereocenters. The van der Waals surface area contributed by atoms with E-state index in [2.05, 4.69) is 14.9 Å². The van der Waals surface area contributed by atoms with Crippen LogP contribution in [0.5, 0.6) is 5.75 Å². The second kappa shape index (κ2) is 7.61. The fraction of sp³-hybridized carbons (Fsp3) is 0.286. The highest BCUT2D eigenvalue weighted by atomic mass is 32.2. The zero-order valence-electron chi connectivity index (χ0n) is 16.7. The molecule has 3 aromatic rings. The van der Waals surface area contributed by atoms with E-state index in [0.29, 0.717) is 18.0 Å². The van der Waals surface area contributed by atoms with Crippen molar-refractivity contribution < 1.29 is 17.9 Å². The van der Waals surface area contributed by atoms with Crippen molar-refractivity contribution in [1.82, 2.24) is 10.2 Å². The molecule has 2 aliphatic rings. The summed E-state index contributed by atoms with van der Waals surface area (Å²) in [5.74, 6) is 1.00. The van der Waals surface area contributed by atoms with Crippen LogP contribution in [0.15, 0.2) is 47.4 Å². The Morgan fingerprint density at radius 2 is 1.94 bits per heavy atom. The number of methoxy groups -OCH3 is 1. The molecule has 0 bridgehead atoms. The lowest BCUT2D eigenvalue weighted by atomic mass is 10.2. The maximum absolute atomic E-state index is 12.9. The summed E-state index contributed by atoms with van der Waals surface area (Å²) in [6.45, 7) is 0.600. The summed E-state index contributed by atoms with van der Waals surface area (Å²) in [6, 6.07) is 12.2. The summed E-state index contributed by atoms with van der Waals surface area (Å²) >= 11 is 1.15. The number of carbonyl (C=O) groups excluding carboxylic acids is 1. The van der Waals surface area contributed by atoms with Gasteiger partial charge in [-0.3, -0.25) is 9.52 Å². The van der Waals surface area contributed by atoms with Crippen LogP contribution in [0, 0.1) is 5.92 Å². The smallest absolute Gasteiger partial charge is 0.263 e. The number of hydrogen-bond donors (Lipinski definition) is 1. The Morgan fingerprint density at radius 1 is 1.16 bits per heavy atom. The molecule has 2 aromatic carbocycles. The monoisotopic (exact) mass is 456 g/mol. The van der Waals surface area contributed by atoms with Crippen LogP contribution in [0.2, 0.25) is 0 Å². The third-order valence-corrected chi connectivity index (χ3v) is 7.79. The van der Waals surface area contributed by atoms with E-state index in [0.717, 1.165) is 46.7 Å². The van der Waals surface area contributed by atoms with Gasteiger partial charge in [-0.15, -0.1) is 10.2 Å². The van der Waals surface area contributed by atoms with Crippen molar-refractivity contribution in [3.8, 4) is 16.3 Å². The van der Waals surface area contributed by atoms with Crippen molar-refractivity contribution >= 4 is 38.1 Å². The summed E-state index contributed by atoms with van der Waals surface area (Å²) in [4.78, 5) is 14.3. The number of amides is 1. The molecule has 8 nitrogen and oxygen atoms in total. The van der Waals surface area contributed by atoms with Crippen molar-refractivity contribution in [2.24, 2.45) is 5.92 Å². The minimum absolute atomic E-state index is 0.133. The van der Waals surface area contributed by atoms with E-state index in [1.165, 1.54) is 6.07 Å². The maximum Gasteiger partial charge on any atom is 0.263 e. The Balaban J connectivity index is 1.34. The van der Waals surface area contributed by atoms with E-state index in [1.807, 2.05) is 24.3 Å². The van der Waals surface area contributed by atoms with Crippen LogP contribution in [0.25, 0.3) is 10.6 Å². The normalized spacial score (nSPS) is 15.6. The number of sulfonamides is 1. The number of nitrogens with zero attached hydrogens (tertiary/aromatic N) is 3. The van der Waals surface area contributed by atoms with Crippen molar-refractivity contribution in [3.63, 3.8) is 0 Å². The Morgan fingerprint density at radius 3 is 2.65 bits per heavy atom. The quantitative estimate of drug-likeness (QED) is 0.611. The average Bonchev–Trinajstić information content (AvgIpc) is 3.39. The van der Waals surface area contributed by atoms with E-state index in [1.54, 1.807) is 24.1 Å². The molecule has 160 valence electrons. The van der Waals surface area contributed by atoms with Crippen molar-refractivity contribution in [2.45, 2.75) is 24.2 Å². The topological polar surface area (TPSA) is 101 Å². The lowest BCUT2D eigenvalue weighted by molar-refractivity contribution is -0.119. The molecule has 10 heteroatoms. The highest BCUT2D eigenvalue weighted by molar-refractivity contribution is 7.93. The highest BCUT2D eigenvalue weighted by Gasteiger charge is 2.36. The number of ether oxygens (including phenoxy) is 1. The van der Waals surface area contributed by atoms with Gasteiger partial charge in [-0.05, 0) is 67.3 Å². The third kappa shape index (κ3) is 3.88. The molecule has 1 aliphatic carbocycles. The summed E-state index contributed by atoms with van der Waals surface area (Å²) in [6.07, 6.45) is 2.54. The van der Waals surface area contributed by atoms with Gasteiger partial charge in [0.05, 0.1) is 12.0 Å². The zero-order valence-corrected chi connectivity index (χ0v) is 18.4. The highest BCUT2D eigenvalue weighted by Crippen LogP contribution is 2.37. The van der Waals surface area contributed by atoms with Gasteiger partial charge < -0.3 is 9.64 Å². The van der Waals surface area contributed by atoms with Crippen LogP contribution in [0.1, 0.15) is 18.4 Å². The number of benzene rings is 2. The second-order valence-corrected chi connectivity index (χ2v) is 10.2. The van der Waals surface area contributed by atoms with Gasteiger partial charge in [-0.2, -0.15) is 0 Å². The molecule has 1 aromatic heterocycles. The van der Waals surface area contributed by atoms with Gasteiger partial charge in [0.15, 0.2) is 0 Å². The van der Waals surface area contributed by atoms with Gasteiger partial charge in [0, 0.05) is 23.7 Å². The van der Waals surface area contributed by atoms with Gasteiger partial charge in [0.2, 0.25) is 11.0 Å². The number of carbonyl (C=O) groups is 1. The van der Waals surface area contributed by atoms with E-state index in [-0.39, 0.29) is 21.9 Å². The van der Waals surface area contributed by atoms with Crippen LogP contribution < -0.4 is 14.4 Å². The molecule has 1 fully saturated rings. The lowest BCUT2D eigenvalue weighted by Crippen LogP contribution is -2.30. The minimum Gasteiger partial charge on any atom is -0.497 e. The number of fused-ring (bicyclic) bond motifs is 1. The molecular formula is C21H20N4O4S2. The number of hydrogen-bond acceptors (Lipinski definition) is 7. The lowest BCUT2D eigenvalue weighted by Gasteiger charge is -2.17. The van der Waals surface area contributed by atoms with Gasteiger partial charge >= 0.3 is 0 Å². The largest absolute Gasteiger partial charge is 0.497 e. The van der Waals surface area contributed by atoms with Crippen LogP contribution in [-0.4, -0.2) is 38.2 Å². The van der Waals surface area contributed by atoms with Crippen LogP contribution in [0.3, 0.4) is 0 Å². The summed E-state index contributed by atoms with van der Waals surface area (Å²) < 4.78 is 33.4. The number of anilines is 2. The number of nitrogens with one attached hydrogen (secondary N) is 1. The van der Waals surface area contributed by atoms with Gasteiger partial charge in [-0.25, -0.2) is 8.42 Å². The second-order valence-electron chi connectivity index (χ2n) is 7.55. The Labute approximate surface area is 183 Å². The Kier molecular flexibility index (Phi) is 4.90. The van der Waals surface area contributed by atoms with Crippen LogP contribution in [-0.2, 0) is 21.2 Å². The molecular weight excluding hydrogens is 436 g/mol. The first-order valence-electron chi connectivity index (χ1n) is 9.90. The number of rotatable bonds is 6. The first-order valence-corrected chi connectivity index (χ1v) is 12.2. The third-order valence-electron chi connectivity index (χ3n) is 5.43. The predicted molar refractivity (Wildman–Crippen MR) is 118 cm³/mol. The number of aromatic nitrogens is 2. The molecule has 1 N–H and O–H groups in total. The van der Waals surface area contributed by atoms with Crippen LogP contribution in [0.4, 0.5) is 10.8 Å². The van der Waals surface area contributed by atoms with Crippen molar-refractivity contribution in [1.29, 1.82) is 0 Å². The standard InChI is InChI=1S/C21H20N4O4S2/c1-29-16-6-4-13(5-7-16)19-22-23-21(30-19)24-31(27,28)17-8-9-18-15(12-17)10-11-25(18)20(26)14-2-3-14/h4-9,12,14H,2-3,10-11H2,1H3,(H,23,24). The molecule has 1 saturated carbocycles. The first-order chi connectivity index (χ1) is 14.9. The molecule has 2 heterocycles. The molecule has 5 rings (SSSR count). The first kappa shape index (κ1) is 20.0. The van der Waals surface area contributed by atoms with E-state index in [9.17, 15) is 13.2 Å². The van der Waals surface area contributed by atoms with E-state index < -0.39 is 10.0 Å². The average molecular weight is 457 g/mol. The zero-order chi connectivity index (χ0) is 21.6. The Bertz CT molecular complexity index is 1250. The molecule has 0 saturated heterocycles. The maximum atomic E-state index is 12.9. The summed E-state index contributed by atoms with van der Waals surface area (Å²) in [5.41, 5.74) is 2.50. The fourth-order valence-electron chi connectivity index (χ4n) is 3.61. The van der Waals surface area contributed by atoms with Gasteiger partial charge in [0.1, 0.15) is 10.8 Å². The van der Waals surface area contributed by atoms with Gasteiger partial charge in [0.25, 0.3) is 10.0 Å². The molecule has 31 heavy (non-hydrogen) atoms. The summed E-state index contributed by atoms with van der Waals surface area (Å²) in [5, 5.41) is 8.85. The van der Waals surface area contributed by atoms with Gasteiger partial charge in [-0.1, -0.05) is 11.3 Å². The SMILES string of the molecule is COc1ccc(-c2nnc(NS(=O)(=O)c3ccc4c(c3)CCN4C(=O)C3CC3)s2)cc1. The molecule has 0 unspecified atom stereocenters. The molecule has 0 spiro atoms. The molecule has 0 radical (unpaired) electrons. The van der Waals surface area contributed by atoms with Crippen LogP contribution >= 0.6 is 11.3 Å². The molecule has 1 aliphatic heterocycles. The Hall–Kier alpha value is -2.98. The van der Waals surface area contributed by atoms with E-state index in [4.69, 9.17) is 4.74 Å². The minimum atomic E-state index is -3.82. The van der Waals surface area contributed by atoms with Crippen molar-refractivity contribution in [2.75, 3.05) is 23.3 Å². The summed E-state index contributed by atoms with van der Waals surface area (Å²) in [7, 11) is -2.23. The molecule has 1 amide bonds. The van der Waals surface area contributed by atoms with Crippen molar-refractivity contribution in [3.05, 3.63) is 48.0 Å². The van der Waals surface area contributed by atoms with E-state index >= 15 is 0 Å².